The highest BCUT2D eigenvalue weighted by molar-refractivity contribution is 6.42. The van der Waals surface area contributed by atoms with E-state index in [0.29, 0.717) is 15.7 Å². The molecule has 0 spiro atoms. The first-order valence-electron chi connectivity index (χ1n) is 9.95. The number of aromatic nitrogens is 4. The van der Waals surface area contributed by atoms with Gasteiger partial charge in [-0.2, -0.15) is 0 Å². The van der Waals surface area contributed by atoms with Gasteiger partial charge in [-0.1, -0.05) is 35.3 Å². The summed E-state index contributed by atoms with van der Waals surface area (Å²) in [5, 5.41) is 0.983. The predicted molar refractivity (Wildman–Crippen MR) is 127 cm³/mol. The van der Waals surface area contributed by atoms with Gasteiger partial charge in [0.05, 0.1) is 33.2 Å². The minimum atomic E-state index is -0.518. The van der Waals surface area contributed by atoms with Crippen LogP contribution in [0, 0.1) is 0 Å². The van der Waals surface area contributed by atoms with Crippen LogP contribution >= 0.6 is 23.2 Å². The van der Waals surface area contributed by atoms with Crippen molar-refractivity contribution in [3.8, 4) is 0 Å². The molecule has 0 aliphatic carbocycles. The topological polar surface area (TPSA) is 90.1 Å². The molecule has 0 bridgehead atoms. The van der Waals surface area contributed by atoms with Crippen LogP contribution in [0.4, 0.5) is 0 Å². The number of hydrogen-bond donors (Lipinski definition) is 0. The third-order valence-corrected chi connectivity index (χ3v) is 6.00. The van der Waals surface area contributed by atoms with Gasteiger partial charge in [0.15, 0.2) is 0 Å². The van der Waals surface area contributed by atoms with Crippen LogP contribution in [0.5, 0.6) is 0 Å². The zero-order valence-corrected chi connectivity index (χ0v) is 19.3. The Morgan fingerprint density at radius 1 is 0.970 bits per heavy atom. The summed E-state index contributed by atoms with van der Waals surface area (Å²) >= 11 is 12.2. The molecule has 4 aromatic rings. The molecule has 0 aliphatic rings. The highest BCUT2D eigenvalue weighted by atomic mass is 35.5. The Kier molecular flexibility index (Phi) is 6.31. The molecule has 0 fully saturated rings. The molecule has 4 rings (SSSR count). The van der Waals surface area contributed by atoms with E-state index in [2.05, 4.69) is 9.97 Å². The summed E-state index contributed by atoms with van der Waals surface area (Å²) in [5.41, 5.74) is 0.889. The Labute approximate surface area is 198 Å². The van der Waals surface area contributed by atoms with Crippen molar-refractivity contribution in [2.75, 3.05) is 0 Å². The average Bonchev–Trinajstić information content (AvgIpc) is 2.83. The summed E-state index contributed by atoms with van der Waals surface area (Å²) < 4.78 is 2.26. The first-order valence-corrected chi connectivity index (χ1v) is 10.7. The van der Waals surface area contributed by atoms with Crippen molar-refractivity contribution in [2.45, 2.75) is 13.1 Å². The molecule has 0 aliphatic heterocycles. The first-order chi connectivity index (χ1) is 15.8. The molecule has 0 saturated heterocycles. The van der Waals surface area contributed by atoms with E-state index in [-0.39, 0.29) is 35.6 Å². The Balaban J connectivity index is 1.76. The monoisotopic (exact) mass is 483 g/mol. The Morgan fingerprint density at radius 2 is 1.76 bits per heavy atom. The second-order valence-corrected chi connectivity index (χ2v) is 8.35. The Hall–Kier alpha value is -3.49. The van der Waals surface area contributed by atoms with Gasteiger partial charge < -0.3 is 4.90 Å². The average molecular weight is 484 g/mol. The van der Waals surface area contributed by atoms with Crippen LogP contribution in [-0.2, 0) is 27.2 Å². The van der Waals surface area contributed by atoms with Crippen LogP contribution in [0.3, 0.4) is 0 Å². The molecular formula is C23H19Cl2N5O3. The van der Waals surface area contributed by atoms with Crippen molar-refractivity contribution in [1.82, 2.24) is 24.0 Å². The lowest BCUT2D eigenvalue weighted by molar-refractivity contribution is 0.0727. The van der Waals surface area contributed by atoms with Crippen LogP contribution in [0.2, 0.25) is 10.0 Å². The standard InChI is InChI=1S/C23H19Cl2N5O3/c1-28-20-17(22(32)29(2)23(28)33)10-15(11-27-20)21(31)30(13-16-5-3-4-8-26-16)12-14-6-7-18(24)19(25)9-14/h3-11H,12-13H2,1-2H3. The lowest BCUT2D eigenvalue weighted by atomic mass is 10.1. The minimum Gasteiger partial charge on any atom is -0.328 e. The third-order valence-electron chi connectivity index (χ3n) is 5.26. The molecule has 1 amide bonds. The predicted octanol–water partition coefficient (Wildman–Crippen LogP) is 3.18. The van der Waals surface area contributed by atoms with Gasteiger partial charge in [0.2, 0.25) is 0 Å². The summed E-state index contributed by atoms with van der Waals surface area (Å²) in [6.07, 6.45) is 3.02. The number of hydrogen-bond acceptors (Lipinski definition) is 5. The zero-order valence-electron chi connectivity index (χ0n) is 17.8. The number of halogens is 2. The van der Waals surface area contributed by atoms with Crippen LogP contribution in [0.15, 0.2) is 64.4 Å². The summed E-state index contributed by atoms with van der Waals surface area (Å²) in [7, 11) is 2.91. The second kappa shape index (κ2) is 9.17. The van der Waals surface area contributed by atoms with Crippen LogP contribution < -0.4 is 11.2 Å². The molecule has 0 unspecified atom stereocenters. The Morgan fingerprint density at radius 3 is 2.45 bits per heavy atom. The molecule has 168 valence electrons. The van der Waals surface area contributed by atoms with Crippen molar-refractivity contribution >= 4 is 40.1 Å². The smallest absolute Gasteiger partial charge is 0.328 e. The molecule has 0 N–H and O–H groups in total. The third kappa shape index (κ3) is 4.53. The number of rotatable bonds is 5. The van der Waals surface area contributed by atoms with Crippen LogP contribution in [0.25, 0.3) is 11.0 Å². The van der Waals surface area contributed by atoms with Crippen molar-refractivity contribution in [2.24, 2.45) is 14.1 Å². The molecule has 0 atom stereocenters. The summed E-state index contributed by atoms with van der Waals surface area (Å²) in [6, 6.07) is 12.1. The van der Waals surface area contributed by atoms with Crippen molar-refractivity contribution in [3.63, 3.8) is 0 Å². The fourth-order valence-electron chi connectivity index (χ4n) is 3.51. The Bertz CT molecular complexity index is 1480. The maximum atomic E-state index is 13.5. The lowest BCUT2D eigenvalue weighted by Crippen LogP contribution is -2.37. The van der Waals surface area contributed by atoms with E-state index in [0.717, 1.165) is 10.1 Å². The molecule has 1 aromatic carbocycles. The normalized spacial score (nSPS) is 11.0. The number of amides is 1. The van der Waals surface area contributed by atoms with Crippen molar-refractivity contribution in [1.29, 1.82) is 0 Å². The number of nitrogens with zero attached hydrogens (tertiary/aromatic N) is 5. The number of carbonyl (C=O) groups excluding carboxylic acids is 1. The zero-order chi connectivity index (χ0) is 23.7. The lowest BCUT2D eigenvalue weighted by Gasteiger charge is -2.23. The molecule has 8 nitrogen and oxygen atoms in total. The van der Waals surface area contributed by atoms with Gasteiger partial charge in [-0.25, -0.2) is 9.78 Å². The number of carbonyl (C=O) groups is 1. The first kappa shape index (κ1) is 22.7. The largest absolute Gasteiger partial charge is 0.332 e. The van der Waals surface area contributed by atoms with Gasteiger partial charge in [-0.3, -0.25) is 23.7 Å². The van der Waals surface area contributed by atoms with E-state index >= 15 is 0 Å². The SMILES string of the molecule is Cn1c(=O)c2cc(C(=O)N(Cc3ccc(Cl)c(Cl)c3)Cc3ccccn3)cnc2n(C)c1=O. The summed E-state index contributed by atoms with van der Waals surface area (Å²) in [5.74, 6) is -0.350. The molecule has 0 saturated carbocycles. The van der Waals surface area contributed by atoms with Crippen molar-refractivity contribution < 1.29 is 4.79 Å². The molecule has 33 heavy (non-hydrogen) atoms. The molecule has 3 heterocycles. The van der Waals surface area contributed by atoms with E-state index in [4.69, 9.17) is 23.2 Å². The van der Waals surface area contributed by atoms with Crippen LogP contribution in [-0.4, -0.2) is 29.9 Å². The van der Waals surface area contributed by atoms with E-state index in [1.54, 1.807) is 35.4 Å². The number of benzene rings is 1. The van der Waals surface area contributed by atoms with Gasteiger partial charge in [0.1, 0.15) is 5.65 Å². The molecule has 10 heteroatoms. The van der Waals surface area contributed by atoms with Gasteiger partial charge >= 0.3 is 5.69 Å². The van der Waals surface area contributed by atoms with E-state index in [1.807, 2.05) is 12.1 Å². The van der Waals surface area contributed by atoms with E-state index < -0.39 is 11.2 Å². The maximum absolute atomic E-state index is 13.5. The molecule has 3 aromatic heterocycles. The van der Waals surface area contributed by atoms with E-state index in [1.165, 1.54) is 30.9 Å². The number of aryl methyl sites for hydroxylation is 1. The second-order valence-electron chi connectivity index (χ2n) is 7.53. The summed E-state index contributed by atoms with van der Waals surface area (Å²) in [4.78, 5) is 48.5. The van der Waals surface area contributed by atoms with Gasteiger partial charge in [0, 0.05) is 33.0 Å². The minimum absolute atomic E-state index is 0.178. The number of fused-ring (bicyclic) bond motifs is 1. The molecule has 0 radical (unpaired) electrons. The van der Waals surface area contributed by atoms with Gasteiger partial charge in [-0.05, 0) is 35.9 Å². The number of pyridine rings is 2. The quantitative estimate of drug-likeness (QED) is 0.434. The highest BCUT2D eigenvalue weighted by Gasteiger charge is 2.20. The fraction of sp³-hybridized carbons (Fsp3) is 0.174. The van der Waals surface area contributed by atoms with Gasteiger partial charge in [0.25, 0.3) is 11.5 Å². The fourth-order valence-corrected chi connectivity index (χ4v) is 3.83. The molecular weight excluding hydrogens is 465 g/mol. The van der Waals surface area contributed by atoms with E-state index in [9.17, 15) is 14.4 Å². The van der Waals surface area contributed by atoms with Gasteiger partial charge in [-0.15, -0.1) is 0 Å². The highest BCUT2D eigenvalue weighted by Crippen LogP contribution is 2.24. The van der Waals surface area contributed by atoms with Crippen LogP contribution in [0.1, 0.15) is 21.6 Å². The summed E-state index contributed by atoms with van der Waals surface area (Å²) in [6.45, 7) is 0.457. The van der Waals surface area contributed by atoms with Crippen molar-refractivity contribution in [3.05, 3.63) is 103 Å². The maximum Gasteiger partial charge on any atom is 0.332 e.